The van der Waals surface area contributed by atoms with Gasteiger partial charge in [0.15, 0.2) is 11.6 Å². The molecule has 0 aliphatic heterocycles. The van der Waals surface area contributed by atoms with Crippen molar-refractivity contribution in [3.8, 4) is 0 Å². The van der Waals surface area contributed by atoms with Crippen LogP contribution in [0.2, 0.25) is 0 Å². The van der Waals surface area contributed by atoms with E-state index in [1.807, 2.05) is 0 Å². The summed E-state index contributed by atoms with van der Waals surface area (Å²) in [5.41, 5.74) is 0.928. The SMILES string of the molecule is CCCCCC[C@H]1CC[C@H](C=C[C@H]2CC[C@H](CCc3ccc(F)c(F)c3)CC2)CC1. The van der Waals surface area contributed by atoms with Gasteiger partial charge in [0.05, 0.1) is 0 Å². The van der Waals surface area contributed by atoms with E-state index in [-0.39, 0.29) is 0 Å². The number of hydrogen-bond donors (Lipinski definition) is 0. The van der Waals surface area contributed by atoms with E-state index < -0.39 is 11.6 Å². The molecular formula is C28H42F2. The first kappa shape index (κ1) is 23.5. The first-order chi connectivity index (χ1) is 14.6. The predicted octanol–water partition coefficient (Wildman–Crippen LogP) is 9.04. The zero-order valence-corrected chi connectivity index (χ0v) is 19.1. The van der Waals surface area contributed by atoms with Crippen molar-refractivity contribution < 1.29 is 8.78 Å². The highest BCUT2D eigenvalue weighted by Crippen LogP contribution is 2.35. The van der Waals surface area contributed by atoms with Gasteiger partial charge in [0.2, 0.25) is 0 Å². The molecule has 0 radical (unpaired) electrons. The molecule has 2 fully saturated rings. The molecule has 0 unspecified atom stereocenters. The summed E-state index contributed by atoms with van der Waals surface area (Å²) in [6, 6.07) is 4.35. The van der Waals surface area contributed by atoms with Gasteiger partial charge in [0.1, 0.15) is 0 Å². The number of halogens is 2. The molecule has 0 N–H and O–H groups in total. The average molecular weight is 417 g/mol. The number of unbranched alkanes of at least 4 members (excludes halogenated alkanes) is 3. The van der Waals surface area contributed by atoms with E-state index >= 15 is 0 Å². The molecule has 0 amide bonds. The largest absolute Gasteiger partial charge is 0.204 e. The summed E-state index contributed by atoms with van der Waals surface area (Å²) < 4.78 is 26.4. The van der Waals surface area contributed by atoms with Gasteiger partial charge in [-0.15, -0.1) is 0 Å². The van der Waals surface area contributed by atoms with E-state index in [2.05, 4.69) is 19.1 Å². The van der Waals surface area contributed by atoms with Gasteiger partial charge in [-0.25, -0.2) is 8.78 Å². The lowest BCUT2D eigenvalue weighted by Crippen LogP contribution is -2.15. The van der Waals surface area contributed by atoms with Crippen LogP contribution in [0.4, 0.5) is 8.78 Å². The summed E-state index contributed by atoms with van der Waals surface area (Å²) in [5.74, 6) is 1.86. The summed E-state index contributed by atoms with van der Waals surface area (Å²) in [7, 11) is 0. The highest BCUT2D eigenvalue weighted by atomic mass is 19.2. The third-order valence-electron chi connectivity index (χ3n) is 7.73. The van der Waals surface area contributed by atoms with Gasteiger partial charge in [-0.05, 0) is 106 Å². The topological polar surface area (TPSA) is 0 Å². The van der Waals surface area contributed by atoms with E-state index in [9.17, 15) is 8.78 Å². The molecule has 2 heteroatoms. The van der Waals surface area contributed by atoms with Crippen LogP contribution in [0.1, 0.15) is 102 Å². The second-order valence-electron chi connectivity index (χ2n) is 10.1. The lowest BCUT2D eigenvalue weighted by molar-refractivity contribution is 0.282. The van der Waals surface area contributed by atoms with Crippen molar-refractivity contribution in [1.29, 1.82) is 0 Å². The monoisotopic (exact) mass is 416 g/mol. The number of allylic oxidation sites excluding steroid dienone is 2. The summed E-state index contributed by atoms with van der Waals surface area (Å²) in [5, 5.41) is 0. The number of hydrogen-bond acceptors (Lipinski definition) is 0. The van der Waals surface area contributed by atoms with Gasteiger partial charge < -0.3 is 0 Å². The molecule has 0 spiro atoms. The summed E-state index contributed by atoms with van der Waals surface area (Å²) in [4.78, 5) is 0. The van der Waals surface area contributed by atoms with Crippen molar-refractivity contribution in [3.63, 3.8) is 0 Å². The van der Waals surface area contributed by atoms with Crippen LogP contribution in [0.5, 0.6) is 0 Å². The smallest absolute Gasteiger partial charge is 0.159 e. The van der Waals surface area contributed by atoms with E-state index in [1.54, 1.807) is 6.07 Å². The van der Waals surface area contributed by atoms with Crippen molar-refractivity contribution in [2.24, 2.45) is 23.7 Å². The maximum Gasteiger partial charge on any atom is 0.159 e. The van der Waals surface area contributed by atoms with Gasteiger partial charge in [-0.3, -0.25) is 0 Å². The maximum absolute atomic E-state index is 13.4. The van der Waals surface area contributed by atoms with Gasteiger partial charge >= 0.3 is 0 Å². The number of rotatable bonds is 10. The lowest BCUT2D eigenvalue weighted by atomic mass is 9.77. The third kappa shape index (κ3) is 7.82. The third-order valence-corrected chi connectivity index (χ3v) is 7.73. The molecule has 0 saturated heterocycles. The Kier molecular flexibility index (Phi) is 9.88. The Morgan fingerprint density at radius 2 is 1.33 bits per heavy atom. The zero-order valence-electron chi connectivity index (χ0n) is 19.1. The molecule has 0 atom stereocenters. The number of benzene rings is 1. The van der Waals surface area contributed by atoms with Crippen LogP contribution in [-0.4, -0.2) is 0 Å². The molecular weight excluding hydrogens is 374 g/mol. The van der Waals surface area contributed by atoms with Crippen molar-refractivity contribution in [1.82, 2.24) is 0 Å². The fourth-order valence-electron chi connectivity index (χ4n) is 5.58. The minimum atomic E-state index is -0.744. The Labute approximate surface area is 183 Å². The highest BCUT2D eigenvalue weighted by molar-refractivity contribution is 5.17. The minimum Gasteiger partial charge on any atom is -0.204 e. The molecule has 0 nitrogen and oxygen atoms in total. The fourth-order valence-corrected chi connectivity index (χ4v) is 5.58. The van der Waals surface area contributed by atoms with Crippen LogP contribution in [0.25, 0.3) is 0 Å². The predicted molar refractivity (Wildman–Crippen MR) is 123 cm³/mol. The lowest BCUT2D eigenvalue weighted by Gasteiger charge is -2.29. The number of aryl methyl sites for hydroxylation is 1. The summed E-state index contributed by atoms with van der Waals surface area (Å²) in [6.07, 6.45) is 25.0. The van der Waals surface area contributed by atoms with Crippen LogP contribution >= 0.6 is 0 Å². The zero-order chi connectivity index (χ0) is 21.2. The van der Waals surface area contributed by atoms with Gasteiger partial charge in [0.25, 0.3) is 0 Å². The van der Waals surface area contributed by atoms with Crippen molar-refractivity contribution >= 4 is 0 Å². The van der Waals surface area contributed by atoms with Gasteiger partial charge in [-0.1, -0.05) is 57.2 Å². The highest BCUT2D eigenvalue weighted by Gasteiger charge is 2.22. The molecule has 168 valence electrons. The first-order valence-corrected chi connectivity index (χ1v) is 12.8. The van der Waals surface area contributed by atoms with Crippen molar-refractivity contribution in [2.45, 2.75) is 103 Å². The van der Waals surface area contributed by atoms with Crippen LogP contribution in [-0.2, 0) is 6.42 Å². The molecule has 2 aliphatic carbocycles. The van der Waals surface area contributed by atoms with E-state index in [4.69, 9.17) is 0 Å². The minimum absolute atomic E-state index is 0.716. The molecule has 0 heterocycles. The Balaban J connectivity index is 1.29. The average Bonchev–Trinajstić information content (AvgIpc) is 2.77. The van der Waals surface area contributed by atoms with Crippen molar-refractivity contribution in [2.75, 3.05) is 0 Å². The molecule has 0 bridgehead atoms. The molecule has 0 aromatic heterocycles. The molecule has 30 heavy (non-hydrogen) atoms. The standard InChI is InChI=1S/C28H42F2/c1-2-3-4-5-6-22-7-9-23(10-8-22)11-12-24-13-15-25(16-14-24)17-18-26-19-20-27(29)28(30)21-26/h11-12,19-25H,2-10,13-18H2,1H3/t22-,23-,24-,25-. The van der Waals surface area contributed by atoms with E-state index in [0.29, 0.717) is 0 Å². The quantitative estimate of drug-likeness (QED) is 0.263. The molecule has 1 aromatic rings. The Bertz CT molecular complexity index is 634. The van der Waals surface area contributed by atoms with Crippen LogP contribution in [0, 0.1) is 35.3 Å². The van der Waals surface area contributed by atoms with E-state index in [1.165, 1.54) is 95.6 Å². The van der Waals surface area contributed by atoms with Gasteiger partial charge in [0, 0.05) is 0 Å². The molecule has 1 aromatic carbocycles. The maximum atomic E-state index is 13.4. The van der Waals surface area contributed by atoms with Crippen LogP contribution in [0.3, 0.4) is 0 Å². The fraction of sp³-hybridized carbons (Fsp3) is 0.714. The molecule has 2 aliphatic rings. The summed E-state index contributed by atoms with van der Waals surface area (Å²) >= 11 is 0. The Morgan fingerprint density at radius 1 is 0.733 bits per heavy atom. The Hall–Kier alpha value is -1.18. The molecule has 3 rings (SSSR count). The molecule has 2 saturated carbocycles. The van der Waals surface area contributed by atoms with Gasteiger partial charge in [-0.2, -0.15) is 0 Å². The first-order valence-electron chi connectivity index (χ1n) is 12.8. The second-order valence-corrected chi connectivity index (χ2v) is 10.1. The Morgan fingerprint density at radius 3 is 1.90 bits per heavy atom. The van der Waals surface area contributed by atoms with E-state index in [0.717, 1.165) is 42.1 Å². The van der Waals surface area contributed by atoms with Crippen molar-refractivity contribution in [3.05, 3.63) is 47.5 Å². The normalized spacial score (nSPS) is 27.6. The second kappa shape index (κ2) is 12.6. The van der Waals surface area contributed by atoms with Crippen LogP contribution in [0.15, 0.2) is 30.4 Å². The van der Waals surface area contributed by atoms with Crippen LogP contribution < -0.4 is 0 Å². The summed E-state index contributed by atoms with van der Waals surface area (Å²) in [6.45, 7) is 2.29.